The Hall–Kier alpha value is -1.36. The molecule has 0 heterocycles. The molecule has 0 aromatic heterocycles. The van der Waals surface area contributed by atoms with Crippen LogP contribution in [0.25, 0.3) is 0 Å². The summed E-state index contributed by atoms with van der Waals surface area (Å²) in [6.45, 7) is 4.26. The van der Waals surface area contributed by atoms with Crippen molar-refractivity contribution in [2.24, 2.45) is 0 Å². The first-order chi connectivity index (χ1) is 10.5. The van der Waals surface area contributed by atoms with E-state index in [4.69, 9.17) is 11.6 Å². The number of rotatable bonds is 5. The third-order valence-corrected chi connectivity index (χ3v) is 4.25. The Kier molecular flexibility index (Phi) is 6.00. The van der Waals surface area contributed by atoms with E-state index in [0.717, 1.165) is 21.3 Å². The van der Waals surface area contributed by atoms with Crippen LogP contribution in [0.1, 0.15) is 24.1 Å². The molecule has 0 aliphatic heterocycles. The lowest BCUT2D eigenvalue weighted by atomic mass is 10.1. The van der Waals surface area contributed by atoms with E-state index >= 15 is 0 Å². The Labute approximate surface area is 144 Å². The van der Waals surface area contributed by atoms with Crippen molar-refractivity contribution in [3.63, 3.8) is 0 Å². The molecule has 0 saturated carbocycles. The van der Waals surface area contributed by atoms with Gasteiger partial charge >= 0.3 is 0 Å². The first-order valence-electron chi connectivity index (χ1n) is 7.00. The van der Waals surface area contributed by atoms with Gasteiger partial charge in [-0.15, -0.1) is 0 Å². The van der Waals surface area contributed by atoms with Crippen LogP contribution in [0.3, 0.4) is 0 Å². The Balaban J connectivity index is 1.88. The van der Waals surface area contributed by atoms with Gasteiger partial charge in [-0.2, -0.15) is 0 Å². The number of hydrogen-bond donors (Lipinski definition) is 2. The average Bonchev–Trinajstić information content (AvgIpc) is 2.48. The maximum atomic E-state index is 12.0. The van der Waals surface area contributed by atoms with Crippen LogP contribution in [0.5, 0.6) is 0 Å². The lowest BCUT2D eigenvalue weighted by Crippen LogP contribution is -2.30. The summed E-state index contributed by atoms with van der Waals surface area (Å²) in [5, 5.41) is 6.79. The monoisotopic (exact) mass is 380 g/mol. The molecule has 5 heteroatoms. The molecular formula is C17H18BrClN2O. The van der Waals surface area contributed by atoms with Gasteiger partial charge in [0.25, 0.3) is 0 Å². The lowest BCUT2D eigenvalue weighted by molar-refractivity contribution is -0.115. The summed E-state index contributed by atoms with van der Waals surface area (Å²) in [5.74, 6) is -0.0784. The second-order valence-corrected chi connectivity index (χ2v) is 6.48. The van der Waals surface area contributed by atoms with E-state index in [1.165, 1.54) is 0 Å². The maximum Gasteiger partial charge on any atom is 0.238 e. The van der Waals surface area contributed by atoms with Crippen molar-refractivity contribution in [2.45, 2.75) is 19.9 Å². The molecule has 116 valence electrons. The summed E-state index contributed by atoms with van der Waals surface area (Å²) in [5.41, 5.74) is 3.00. The van der Waals surface area contributed by atoms with Gasteiger partial charge in [0.05, 0.1) is 12.2 Å². The highest BCUT2D eigenvalue weighted by atomic mass is 79.9. The fourth-order valence-electron chi connectivity index (χ4n) is 2.03. The highest BCUT2D eigenvalue weighted by Gasteiger charge is 2.09. The quantitative estimate of drug-likeness (QED) is 0.788. The topological polar surface area (TPSA) is 41.1 Å². The molecule has 22 heavy (non-hydrogen) atoms. The number of anilines is 1. The van der Waals surface area contributed by atoms with Crippen LogP contribution in [0, 0.1) is 6.92 Å². The minimum absolute atomic E-state index is 0.0736. The van der Waals surface area contributed by atoms with Crippen molar-refractivity contribution in [3.8, 4) is 0 Å². The normalized spacial score (nSPS) is 12.0. The average molecular weight is 382 g/mol. The Morgan fingerprint density at radius 1 is 1.23 bits per heavy atom. The zero-order valence-electron chi connectivity index (χ0n) is 12.5. The molecule has 0 aliphatic rings. The van der Waals surface area contributed by atoms with Crippen LogP contribution in [0.2, 0.25) is 5.02 Å². The fourth-order valence-corrected chi connectivity index (χ4v) is 2.75. The molecule has 1 atom stereocenters. The van der Waals surface area contributed by atoms with Gasteiger partial charge in [-0.3, -0.25) is 4.79 Å². The Morgan fingerprint density at radius 2 is 1.91 bits per heavy atom. The van der Waals surface area contributed by atoms with E-state index in [2.05, 4.69) is 26.6 Å². The molecule has 0 saturated heterocycles. The van der Waals surface area contributed by atoms with Gasteiger partial charge < -0.3 is 10.6 Å². The predicted molar refractivity (Wildman–Crippen MR) is 95.4 cm³/mol. The lowest BCUT2D eigenvalue weighted by Gasteiger charge is -2.15. The van der Waals surface area contributed by atoms with Crippen LogP contribution < -0.4 is 10.6 Å². The second-order valence-electron chi connectivity index (χ2n) is 5.19. The van der Waals surface area contributed by atoms with Crippen molar-refractivity contribution in [2.75, 3.05) is 11.9 Å². The van der Waals surface area contributed by atoms with Gasteiger partial charge in [-0.05, 0) is 65.2 Å². The maximum absolute atomic E-state index is 12.0. The van der Waals surface area contributed by atoms with Crippen molar-refractivity contribution < 1.29 is 4.79 Å². The summed E-state index contributed by atoms with van der Waals surface area (Å²) < 4.78 is 0.881. The number of carbonyl (C=O) groups excluding carboxylic acids is 1. The van der Waals surface area contributed by atoms with Gasteiger partial charge in [-0.25, -0.2) is 0 Å². The number of nitrogens with one attached hydrogen (secondary N) is 2. The smallest absolute Gasteiger partial charge is 0.238 e. The molecule has 0 spiro atoms. The van der Waals surface area contributed by atoms with E-state index in [1.807, 2.05) is 56.3 Å². The molecule has 2 aromatic carbocycles. The van der Waals surface area contributed by atoms with Crippen LogP contribution >= 0.6 is 27.5 Å². The molecule has 2 N–H and O–H groups in total. The summed E-state index contributed by atoms with van der Waals surface area (Å²) >= 11 is 9.32. The highest BCUT2D eigenvalue weighted by Crippen LogP contribution is 2.23. The molecule has 1 amide bonds. The van der Waals surface area contributed by atoms with Gasteiger partial charge in [0.2, 0.25) is 5.91 Å². The number of halogens is 2. The molecule has 0 bridgehead atoms. The number of benzene rings is 2. The van der Waals surface area contributed by atoms with Crippen LogP contribution in [-0.4, -0.2) is 12.5 Å². The molecule has 0 unspecified atom stereocenters. The van der Waals surface area contributed by atoms with Crippen LogP contribution in [0.15, 0.2) is 46.9 Å². The summed E-state index contributed by atoms with van der Waals surface area (Å²) in [4.78, 5) is 12.0. The van der Waals surface area contributed by atoms with E-state index in [9.17, 15) is 4.79 Å². The SMILES string of the molecule is Cc1ccc(NC(=O)CN[C@H](C)c2ccc(Cl)cc2)c(Br)c1. The largest absolute Gasteiger partial charge is 0.324 e. The van der Waals surface area contributed by atoms with Crippen molar-refractivity contribution in [1.29, 1.82) is 0 Å². The molecule has 0 aliphatic carbocycles. The predicted octanol–water partition coefficient (Wildman–Crippen LogP) is 4.70. The number of hydrogen-bond acceptors (Lipinski definition) is 2. The first-order valence-corrected chi connectivity index (χ1v) is 8.17. The number of aryl methyl sites for hydroxylation is 1. The molecule has 0 fully saturated rings. The third-order valence-electron chi connectivity index (χ3n) is 3.34. The molecule has 3 nitrogen and oxygen atoms in total. The molecule has 2 rings (SSSR count). The first kappa shape index (κ1) is 17.0. The summed E-state index contributed by atoms with van der Waals surface area (Å²) in [7, 11) is 0. The number of carbonyl (C=O) groups is 1. The van der Waals surface area contributed by atoms with E-state index in [0.29, 0.717) is 5.02 Å². The zero-order valence-corrected chi connectivity index (χ0v) is 14.8. The van der Waals surface area contributed by atoms with Gasteiger partial charge in [0, 0.05) is 15.5 Å². The minimum Gasteiger partial charge on any atom is -0.324 e. The number of amides is 1. The second kappa shape index (κ2) is 7.77. The van der Waals surface area contributed by atoms with E-state index < -0.39 is 0 Å². The Morgan fingerprint density at radius 3 is 2.55 bits per heavy atom. The van der Waals surface area contributed by atoms with Crippen LogP contribution in [0.4, 0.5) is 5.69 Å². The van der Waals surface area contributed by atoms with Gasteiger partial charge in [0.15, 0.2) is 0 Å². The molecule has 2 aromatic rings. The zero-order chi connectivity index (χ0) is 16.1. The minimum atomic E-state index is -0.0784. The third kappa shape index (κ3) is 4.83. The highest BCUT2D eigenvalue weighted by molar-refractivity contribution is 9.10. The summed E-state index contributed by atoms with van der Waals surface area (Å²) in [6.07, 6.45) is 0. The van der Waals surface area contributed by atoms with E-state index in [-0.39, 0.29) is 18.5 Å². The summed E-state index contributed by atoms with van der Waals surface area (Å²) in [6, 6.07) is 13.5. The fraction of sp³-hybridized carbons (Fsp3) is 0.235. The van der Waals surface area contributed by atoms with Crippen LogP contribution in [-0.2, 0) is 4.79 Å². The molecule has 0 radical (unpaired) electrons. The molecular weight excluding hydrogens is 364 g/mol. The van der Waals surface area contributed by atoms with Crippen molar-refractivity contribution >= 4 is 39.1 Å². The van der Waals surface area contributed by atoms with Gasteiger partial charge in [-0.1, -0.05) is 29.8 Å². The van der Waals surface area contributed by atoms with Crippen molar-refractivity contribution in [3.05, 3.63) is 63.1 Å². The van der Waals surface area contributed by atoms with E-state index in [1.54, 1.807) is 0 Å². The standard InChI is InChI=1S/C17H18BrClN2O/c1-11-3-8-16(15(18)9-11)21-17(22)10-20-12(2)13-4-6-14(19)7-5-13/h3-9,12,20H,10H2,1-2H3,(H,21,22)/t12-/m1/s1. The Bertz CT molecular complexity index is 658. The van der Waals surface area contributed by atoms with Crippen molar-refractivity contribution in [1.82, 2.24) is 5.32 Å². The van der Waals surface area contributed by atoms with Gasteiger partial charge in [0.1, 0.15) is 0 Å².